The van der Waals surface area contributed by atoms with Gasteiger partial charge >= 0.3 is 0 Å². The fraction of sp³-hybridized carbons (Fsp3) is 0.500. The van der Waals surface area contributed by atoms with E-state index in [9.17, 15) is 4.79 Å². The van der Waals surface area contributed by atoms with Gasteiger partial charge in [0.1, 0.15) is 6.54 Å². The van der Waals surface area contributed by atoms with Crippen molar-refractivity contribution >= 4 is 16.7 Å². The number of aryl methyl sites for hydroxylation is 1. The minimum Gasteiger partial charge on any atom is -0.347 e. The van der Waals surface area contributed by atoms with Gasteiger partial charge in [-0.05, 0) is 25.8 Å². The molecule has 1 saturated heterocycles. The van der Waals surface area contributed by atoms with Crippen LogP contribution in [0, 0.1) is 12.8 Å². The number of para-hydroxylation sites is 1. The van der Waals surface area contributed by atoms with Gasteiger partial charge in [0.25, 0.3) is 0 Å². The highest BCUT2D eigenvalue weighted by atomic mass is 16.1. The maximum atomic E-state index is 12.8. The second kappa shape index (κ2) is 5.64. The summed E-state index contributed by atoms with van der Waals surface area (Å²) in [7, 11) is 2.05. The normalized spacial score (nSPS) is 22.6. The topological polar surface area (TPSA) is 26.4 Å². The van der Waals surface area contributed by atoms with Gasteiger partial charge in [0.05, 0.1) is 18.7 Å². The number of piperidine rings is 1. The Hall–Kier alpha value is -1.61. The smallest absolute Gasteiger partial charge is 0.219 e. The number of carbonyl (C=O) groups is 1. The Bertz CT molecular complexity index is 671. The van der Waals surface area contributed by atoms with E-state index in [0.717, 1.165) is 41.2 Å². The fourth-order valence-electron chi connectivity index (χ4n) is 3.75. The van der Waals surface area contributed by atoms with Crippen molar-refractivity contribution in [3.05, 3.63) is 35.5 Å². The maximum Gasteiger partial charge on any atom is 0.219 e. The van der Waals surface area contributed by atoms with Gasteiger partial charge in [-0.15, -0.1) is 0 Å². The lowest BCUT2D eigenvalue weighted by Gasteiger charge is -2.27. The number of likely N-dealkylation sites (tertiary alicyclic amines) is 1. The SMILES string of the molecule is Cc1c(C(=O)C[NH+]2CCC[C@H](C)C2)c2ccccc2n1C. The van der Waals surface area contributed by atoms with Crippen LogP contribution in [0.15, 0.2) is 24.3 Å². The molecule has 1 aromatic heterocycles. The number of Topliss-reactive ketones (excluding diaryl/α,β-unsaturated/α-hetero) is 1. The van der Waals surface area contributed by atoms with Crippen LogP contribution in [0.2, 0.25) is 0 Å². The van der Waals surface area contributed by atoms with Crippen LogP contribution in [0.5, 0.6) is 0 Å². The van der Waals surface area contributed by atoms with Crippen LogP contribution in [-0.2, 0) is 7.05 Å². The van der Waals surface area contributed by atoms with Crippen molar-refractivity contribution < 1.29 is 9.69 Å². The number of fused-ring (bicyclic) bond motifs is 1. The second-order valence-corrected chi connectivity index (χ2v) is 6.59. The van der Waals surface area contributed by atoms with Crippen LogP contribution in [0.1, 0.15) is 35.8 Å². The fourth-order valence-corrected chi connectivity index (χ4v) is 3.75. The Morgan fingerprint density at radius 2 is 2.14 bits per heavy atom. The van der Waals surface area contributed by atoms with Gasteiger partial charge in [0.15, 0.2) is 0 Å². The summed E-state index contributed by atoms with van der Waals surface area (Å²) in [4.78, 5) is 14.3. The molecule has 1 aliphatic heterocycles. The van der Waals surface area contributed by atoms with Gasteiger partial charge in [-0.2, -0.15) is 0 Å². The van der Waals surface area contributed by atoms with Gasteiger partial charge in [-0.1, -0.05) is 25.1 Å². The molecular weight excluding hydrogens is 260 g/mol. The molecule has 3 rings (SSSR count). The predicted octanol–water partition coefficient (Wildman–Crippen LogP) is 1.98. The largest absolute Gasteiger partial charge is 0.347 e. The van der Waals surface area contributed by atoms with E-state index in [0.29, 0.717) is 12.3 Å². The number of rotatable bonds is 3. The van der Waals surface area contributed by atoms with Crippen molar-refractivity contribution in [1.29, 1.82) is 0 Å². The Labute approximate surface area is 126 Å². The summed E-state index contributed by atoms with van der Waals surface area (Å²) >= 11 is 0. The van der Waals surface area contributed by atoms with Gasteiger partial charge in [-0.25, -0.2) is 0 Å². The van der Waals surface area contributed by atoms with Gasteiger partial charge in [0.2, 0.25) is 5.78 Å². The summed E-state index contributed by atoms with van der Waals surface area (Å²) in [6.07, 6.45) is 2.56. The Kier molecular flexibility index (Phi) is 3.85. The highest BCUT2D eigenvalue weighted by molar-refractivity contribution is 6.09. The standard InChI is InChI=1S/C18H24N2O/c1-13-7-6-10-20(11-13)12-17(21)18-14(2)19(3)16-9-5-4-8-15(16)18/h4-5,8-9,13H,6-7,10-12H2,1-3H3/p+1/t13-/m0/s1. The summed E-state index contributed by atoms with van der Waals surface area (Å²) in [6.45, 7) is 7.27. The first-order valence-electron chi connectivity index (χ1n) is 7.98. The third-order valence-electron chi connectivity index (χ3n) is 4.95. The third kappa shape index (κ3) is 2.62. The molecule has 3 heteroatoms. The molecule has 0 saturated carbocycles. The first-order chi connectivity index (χ1) is 10.1. The Morgan fingerprint density at radius 3 is 2.90 bits per heavy atom. The minimum absolute atomic E-state index is 0.299. The number of hydrogen-bond donors (Lipinski definition) is 1. The number of ketones is 1. The summed E-state index contributed by atoms with van der Waals surface area (Å²) in [5.41, 5.74) is 3.17. The van der Waals surface area contributed by atoms with Gasteiger partial charge in [-0.3, -0.25) is 4.79 Å². The summed E-state index contributed by atoms with van der Waals surface area (Å²) in [5.74, 6) is 1.04. The average molecular weight is 285 g/mol. The van der Waals surface area contributed by atoms with E-state index < -0.39 is 0 Å². The van der Waals surface area contributed by atoms with Crippen LogP contribution in [0.4, 0.5) is 0 Å². The molecule has 1 aliphatic rings. The number of quaternary nitrogens is 1. The zero-order valence-electron chi connectivity index (χ0n) is 13.3. The van der Waals surface area contributed by atoms with Crippen molar-refractivity contribution in [2.45, 2.75) is 26.7 Å². The number of nitrogens with one attached hydrogen (secondary N) is 1. The van der Waals surface area contributed by atoms with E-state index in [4.69, 9.17) is 0 Å². The Balaban J connectivity index is 1.89. The lowest BCUT2D eigenvalue weighted by Crippen LogP contribution is -3.14. The first kappa shape index (κ1) is 14.3. The van der Waals surface area contributed by atoms with Crippen LogP contribution >= 0.6 is 0 Å². The van der Waals surface area contributed by atoms with Crippen molar-refractivity contribution in [3.63, 3.8) is 0 Å². The third-order valence-corrected chi connectivity index (χ3v) is 4.95. The predicted molar refractivity (Wildman–Crippen MR) is 85.9 cm³/mol. The molecule has 0 spiro atoms. The molecule has 112 valence electrons. The van der Waals surface area contributed by atoms with Crippen LogP contribution in [-0.4, -0.2) is 30.0 Å². The molecule has 2 atom stereocenters. The molecule has 0 radical (unpaired) electrons. The Morgan fingerprint density at radius 1 is 1.38 bits per heavy atom. The van der Waals surface area contributed by atoms with Crippen LogP contribution in [0.3, 0.4) is 0 Å². The molecule has 0 amide bonds. The molecule has 0 aliphatic carbocycles. The summed E-state index contributed by atoms with van der Waals surface area (Å²) < 4.78 is 2.14. The number of benzene rings is 1. The van der Waals surface area contributed by atoms with Crippen molar-refractivity contribution in [3.8, 4) is 0 Å². The van der Waals surface area contributed by atoms with E-state index in [2.05, 4.69) is 30.5 Å². The number of hydrogen-bond acceptors (Lipinski definition) is 1. The quantitative estimate of drug-likeness (QED) is 0.858. The molecule has 1 aromatic carbocycles. The molecule has 21 heavy (non-hydrogen) atoms. The lowest BCUT2D eigenvalue weighted by atomic mass is 9.99. The average Bonchev–Trinajstić information content (AvgIpc) is 2.71. The zero-order chi connectivity index (χ0) is 15.0. The van der Waals surface area contributed by atoms with Crippen molar-refractivity contribution in [2.24, 2.45) is 13.0 Å². The van der Waals surface area contributed by atoms with Crippen LogP contribution < -0.4 is 4.90 Å². The van der Waals surface area contributed by atoms with Crippen molar-refractivity contribution in [2.75, 3.05) is 19.6 Å². The zero-order valence-corrected chi connectivity index (χ0v) is 13.3. The molecule has 3 nitrogen and oxygen atoms in total. The highest BCUT2D eigenvalue weighted by Gasteiger charge is 2.25. The summed E-state index contributed by atoms with van der Waals surface area (Å²) in [6, 6.07) is 8.22. The molecule has 1 unspecified atom stereocenters. The maximum absolute atomic E-state index is 12.8. The van der Waals surface area contributed by atoms with Gasteiger partial charge in [0, 0.05) is 29.6 Å². The number of aromatic nitrogens is 1. The minimum atomic E-state index is 0.299. The molecular formula is C18H25N2O+. The summed E-state index contributed by atoms with van der Waals surface area (Å²) in [5, 5.41) is 1.10. The van der Waals surface area contributed by atoms with E-state index >= 15 is 0 Å². The van der Waals surface area contributed by atoms with Crippen molar-refractivity contribution in [1.82, 2.24) is 4.57 Å². The number of carbonyl (C=O) groups excluding carboxylic acids is 1. The molecule has 2 heterocycles. The van der Waals surface area contributed by atoms with Gasteiger partial charge < -0.3 is 9.47 Å². The van der Waals surface area contributed by atoms with E-state index in [1.807, 2.05) is 19.2 Å². The van der Waals surface area contributed by atoms with E-state index in [1.165, 1.54) is 17.7 Å². The number of nitrogens with zero attached hydrogens (tertiary/aromatic N) is 1. The monoisotopic (exact) mass is 285 g/mol. The second-order valence-electron chi connectivity index (χ2n) is 6.59. The molecule has 2 aromatic rings. The molecule has 0 bridgehead atoms. The first-order valence-corrected chi connectivity index (χ1v) is 7.98. The van der Waals surface area contributed by atoms with Crippen LogP contribution in [0.25, 0.3) is 10.9 Å². The molecule has 1 N–H and O–H groups in total. The highest BCUT2D eigenvalue weighted by Crippen LogP contribution is 2.24. The lowest BCUT2D eigenvalue weighted by molar-refractivity contribution is -0.900. The van der Waals surface area contributed by atoms with E-state index in [1.54, 1.807) is 0 Å². The van der Waals surface area contributed by atoms with E-state index in [-0.39, 0.29) is 0 Å². The molecule has 1 fully saturated rings.